The van der Waals surface area contributed by atoms with Gasteiger partial charge in [0.2, 0.25) is 0 Å². The van der Waals surface area contributed by atoms with Gasteiger partial charge in [0.1, 0.15) is 0 Å². The number of nitrogens with zero attached hydrogens (tertiary/aromatic N) is 1. The van der Waals surface area contributed by atoms with Crippen molar-refractivity contribution in [3.63, 3.8) is 0 Å². The van der Waals surface area contributed by atoms with Crippen LogP contribution in [0.1, 0.15) is 29.9 Å². The van der Waals surface area contributed by atoms with E-state index in [2.05, 4.69) is 41.4 Å². The van der Waals surface area contributed by atoms with Crippen LogP contribution in [0, 0.1) is 6.92 Å². The van der Waals surface area contributed by atoms with E-state index in [-0.39, 0.29) is 0 Å². The highest BCUT2D eigenvalue weighted by Crippen LogP contribution is 2.38. The molecule has 0 unspecified atom stereocenters. The molecule has 1 aromatic carbocycles. The fourth-order valence-corrected chi connectivity index (χ4v) is 3.33. The molecule has 0 atom stereocenters. The molecule has 1 saturated carbocycles. The Hall–Kier alpha value is -0.900. The van der Waals surface area contributed by atoms with Gasteiger partial charge in [0.25, 0.3) is 0 Å². The first-order chi connectivity index (χ1) is 9.83. The predicted octanol–water partition coefficient (Wildman–Crippen LogP) is 2.16. The molecular formula is C17H26N2O. The SMILES string of the molecule is Cc1ccccc1C1CC(NCCN2CCOCC2)C1. The number of morpholine rings is 1. The zero-order chi connectivity index (χ0) is 13.8. The molecule has 1 aliphatic carbocycles. The summed E-state index contributed by atoms with van der Waals surface area (Å²) in [7, 11) is 0. The second-order valence-corrected chi connectivity index (χ2v) is 6.13. The first-order valence-electron chi connectivity index (χ1n) is 7.92. The van der Waals surface area contributed by atoms with E-state index in [1.807, 2.05) is 0 Å². The topological polar surface area (TPSA) is 24.5 Å². The third kappa shape index (κ3) is 3.40. The Bertz CT molecular complexity index is 423. The van der Waals surface area contributed by atoms with E-state index < -0.39 is 0 Å². The summed E-state index contributed by atoms with van der Waals surface area (Å²) in [6.45, 7) is 8.50. The van der Waals surface area contributed by atoms with E-state index in [0.29, 0.717) is 0 Å². The number of aryl methyl sites for hydroxylation is 1. The summed E-state index contributed by atoms with van der Waals surface area (Å²) in [5, 5.41) is 3.70. The molecule has 0 radical (unpaired) electrons. The van der Waals surface area contributed by atoms with Crippen LogP contribution in [0.4, 0.5) is 0 Å². The van der Waals surface area contributed by atoms with Crippen molar-refractivity contribution >= 4 is 0 Å². The van der Waals surface area contributed by atoms with Crippen LogP contribution in [-0.2, 0) is 4.74 Å². The summed E-state index contributed by atoms with van der Waals surface area (Å²) in [4.78, 5) is 2.49. The van der Waals surface area contributed by atoms with Crippen LogP contribution in [0.2, 0.25) is 0 Å². The first-order valence-corrected chi connectivity index (χ1v) is 7.92. The Balaban J connectivity index is 1.35. The Kier molecular flexibility index (Phi) is 4.71. The van der Waals surface area contributed by atoms with E-state index in [9.17, 15) is 0 Å². The standard InChI is InChI=1S/C17H26N2O/c1-14-4-2-3-5-17(14)15-12-16(13-15)18-6-7-19-8-10-20-11-9-19/h2-5,15-16,18H,6-13H2,1H3. The molecule has 110 valence electrons. The maximum Gasteiger partial charge on any atom is 0.0594 e. The molecular weight excluding hydrogens is 248 g/mol. The molecule has 0 spiro atoms. The Labute approximate surface area is 122 Å². The lowest BCUT2D eigenvalue weighted by molar-refractivity contribution is 0.0376. The monoisotopic (exact) mass is 274 g/mol. The van der Waals surface area contributed by atoms with E-state index in [1.165, 1.54) is 18.4 Å². The zero-order valence-electron chi connectivity index (χ0n) is 12.5. The Morgan fingerprint density at radius 1 is 1.20 bits per heavy atom. The number of hydrogen-bond acceptors (Lipinski definition) is 3. The summed E-state index contributed by atoms with van der Waals surface area (Å²) in [6.07, 6.45) is 2.60. The maximum absolute atomic E-state index is 5.37. The smallest absolute Gasteiger partial charge is 0.0594 e. The van der Waals surface area contributed by atoms with Crippen LogP contribution in [-0.4, -0.2) is 50.3 Å². The van der Waals surface area contributed by atoms with Crippen molar-refractivity contribution in [2.75, 3.05) is 39.4 Å². The summed E-state index contributed by atoms with van der Waals surface area (Å²) < 4.78 is 5.37. The number of rotatable bonds is 5. The normalized spacial score (nSPS) is 27.2. The number of hydrogen-bond donors (Lipinski definition) is 1. The van der Waals surface area contributed by atoms with Gasteiger partial charge in [-0.15, -0.1) is 0 Å². The predicted molar refractivity (Wildman–Crippen MR) is 82.2 cm³/mol. The molecule has 2 aliphatic rings. The van der Waals surface area contributed by atoms with Gasteiger partial charge >= 0.3 is 0 Å². The summed E-state index contributed by atoms with van der Waals surface area (Å²) in [5.74, 6) is 0.775. The van der Waals surface area contributed by atoms with Gasteiger partial charge in [-0.2, -0.15) is 0 Å². The maximum atomic E-state index is 5.37. The number of benzene rings is 1. The molecule has 1 N–H and O–H groups in total. The van der Waals surface area contributed by atoms with Crippen LogP contribution in [0.5, 0.6) is 0 Å². The molecule has 0 aromatic heterocycles. The molecule has 3 rings (SSSR count). The molecule has 1 heterocycles. The Morgan fingerprint density at radius 3 is 2.70 bits per heavy atom. The number of ether oxygens (including phenoxy) is 1. The Morgan fingerprint density at radius 2 is 1.95 bits per heavy atom. The summed E-state index contributed by atoms with van der Waals surface area (Å²) in [6, 6.07) is 9.55. The van der Waals surface area contributed by atoms with Gasteiger partial charge in [-0.05, 0) is 36.8 Å². The molecule has 0 bridgehead atoms. The zero-order valence-corrected chi connectivity index (χ0v) is 12.5. The van der Waals surface area contributed by atoms with E-state index >= 15 is 0 Å². The van der Waals surface area contributed by atoms with Gasteiger partial charge < -0.3 is 10.1 Å². The van der Waals surface area contributed by atoms with Gasteiger partial charge in [0, 0.05) is 32.2 Å². The molecule has 3 nitrogen and oxygen atoms in total. The minimum atomic E-state index is 0.723. The highest BCUT2D eigenvalue weighted by Gasteiger charge is 2.30. The lowest BCUT2D eigenvalue weighted by atomic mass is 9.74. The average Bonchev–Trinajstić information content (AvgIpc) is 2.44. The molecule has 1 saturated heterocycles. The van der Waals surface area contributed by atoms with Crippen molar-refractivity contribution in [2.45, 2.75) is 31.7 Å². The molecule has 0 amide bonds. The van der Waals surface area contributed by atoms with Gasteiger partial charge in [-0.25, -0.2) is 0 Å². The van der Waals surface area contributed by atoms with Crippen molar-refractivity contribution in [3.8, 4) is 0 Å². The van der Waals surface area contributed by atoms with E-state index in [0.717, 1.165) is 51.4 Å². The third-order valence-electron chi connectivity index (χ3n) is 4.73. The van der Waals surface area contributed by atoms with E-state index in [4.69, 9.17) is 4.74 Å². The highest BCUT2D eigenvalue weighted by atomic mass is 16.5. The molecule has 1 aromatic rings. The minimum absolute atomic E-state index is 0.723. The lowest BCUT2D eigenvalue weighted by Crippen LogP contribution is -2.45. The fraction of sp³-hybridized carbons (Fsp3) is 0.647. The largest absolute Gasteiger partial charge is 0.379 e. The van der Waals surface area contributed by atoms with Crippen molar-refractivity contribution in [1.82, 2.24) is 10.2 Å². The minimum Gasteiger partial charge on any atom is -0.379 e. The van der Waals surface area contributed by atoms with Crippen LogP contribution in [0.3, 0.4) is 0 Å². The molecule has 1 aliphatic heterocycles. The molecule has 20 heavy (non-hydrogen) atoms. The summed E-state index contributed by atoms with van der Waals surface area (Å²) in [5.41, 5.74) is 3.00. The second kappa shape index (κ2) is 6.70. The van der Waals surface area contributed by atoms with Crippen LogP contribution < -0.4 is 5.32 Å². The quantitative estimate of drug-likeness (QED) is 0.890. The van der Waals surface area contributed by atoms with Gasteiger partial charge in [-0.1, -0.05) is 24.3 Å². The fourth-order valence-electron chi connectivity index (χ4n) is 3.33. The average molecular weight is 274 g/mol. The van der Waals surface area contributed by atoms with Crippen LogP contribution in [0.15, 0.2) is 24.3 Å². The van der Waals surface area contributed by atoms with Crippen LogP contribution in [0.25, 0.3) is 0 Å². The van der Waals surface area contributed by atoms with Crippen molar-refractivity contribution < 1.29 is 4.74 Å². The number of nitrogens with one attached hydrogen (secondary N) is 1. The molecule has 3 heteroatoms. The van der Waals surface area contributed by atoms with Crippen LogP contribution >= 0.6 is 0 Å². The molecule has 2 fully saturated rings. The highest BCUT2D eigenvalue weighted by molar-refractivity contribution is 5.31. The van der Waals surface area contributed by atoms with E-state index in [1.54, 1.807) is 5.56 Å². The first kappa shape index (κ1) is 14.1. The van der Waals surface area contributed by atoms with Crippen molar-refractivity contribution in [3.05, 3.63) is 35.4 Å². The van der Waals surface area contributed by atoms with Gasteiger partial charge in [0.05, 0.1) is 13.2 Å². The summed E-state index contributed by atoms with van der Waals surface area (Å²) >= 11 is 0. The lowest BCUT2D eigenvalue weighted by Gasteiger charge is -2.38. The van der Waals surface area contributed by atoms with Gasteiger partial charge in [0.15, 0.2) is 0 Å². The second-order valence-electron chi connectivity index (χ2n) is 6.13. The van der Waals surface area contributed by atoms with Crippen molar-refractivity contribution in [1.29, 1.82) is 0 Å². The third-order valence-corrected chi connectivity index (χ3v) is 4.73. The van der Waals surface area contributed by atoms with Crippen molar-refractivity contribution in [2.24, 2.45) is 0 Å². The van der Waals surface area contributed by atoms with Gasteiger partial charge in [-0.3, -0.25) is 4.90 Å².